The molecule has 44 heavy (non-hydrogen) atoms. The molecule has 1 saturated carbocycles. The maximum Gasteiger partial charge on any atom is 0.287 e. The van der Waals surface area contributed by atoms with E-state index in [2.05, 4.69) is 10.6 Å². The zero-order valence-corrected chi connectivity index (χ0v) is 27.0. The van der Waals surface area contributed by atoms with Crippen LogP contribution in [0.15, 0.2) is 63.8 Å². The van der Waals surface area contributed by atoms with Crippen LogP contribution >= 0.6 is 11.6 Å². The highest BCUT2D eigenvalue weighted by molar-refractivity contribution is 6.30. The number of hydrogen-bond acceptors (Lipinski definition) is 5. The topological polar surface area (TPSA) is 109 Å². The lowest BCUT2D eigenvalue weighted by molar-refractivity contribution is -0.145. The average molecular weight is 622 g/mol. The van der Waals surface area contributed by atoms with Crippen LogP contribution in [0.5, 0.6) is 0 Å². The lowest BCUT2D eigenvalue weighted by atomic mass is 9.63. The van der Waals surface area contributed by atoms with Gasteiger partial charge in [-0.2, -0.15) is 0 Å². The van der Waals surface area contributed by atoms with Crippen molar-refractivity contribution in [3.63, 3.8) is 0 Å². The lowest BCUT2D eigenvalue weighted by Gasteiger charge is -2.47. The summed E-state index contributed by atoms with van der Waals surface area (Å²) in [4.78, 5) is 53.0. The summed E-state index contributed by atoms with van der Waals surface area (Å²) in [6, 6.07) is 15.6. The van der Waals surface area contributed by atoms with Gasteiger partial charge in [0, 0.05) is 29.7 Å². The van der Waals surface area contributed by atoms with Crippen molar-refractivity contribution in [1.29, 1.82) is 0 Å². The van der Waals surface area contributed by atoms with Crippen molar-refractivity contribution >= 4 is 40.3 Å². The number of para-hydroxylation sites is 1. The van der Waals surface area contributed by atoms with E-state index in [0.717, 1.165) is 36.8 Å². The molecule has 1 aliphatic heterocycles. The minimum absolute atomic E-state index is 0.105. The molecule has 2 N–H and O–H groups in total. The molecule has 236 valence electrons. The fourth-order valence-electron chi connectivity index (χ4n) is 6.20. The van der Waals surface area contributed by atoms with E-state index in [9.17, 15) is 19.2 Å². The first-order valence-electron chi connectivity index (χ1n) is 15.5. The Morgan fingerprint density at radius 1 is 0.977 bits per heavy atom. The Bertz CT molecular complexity index is 1490. The molecule has 0 unspecified atom stereocenters. The summed E-state index contributed by atoms with van der Waals surface area (Å²) in [5.41, 5.74) is 0.493. The third-order valence-corrected chi connectivity index (χ3v) is 8.86. The van der Waals surface area contributed by atoms with E-state index in [1.165, 1.54) is 12.0 Å². The van der Waals surface area contributed by atoms with Gasteiger partial charge in [0.15, 0.2) is 11.2 Å². The van der Waals surface area contributed by atoms with Crippen LogP contribution in [0.3, 0.4) is 0 Å². The summed E-state index contributed by atoms with van der Waals surface area (Å²) in [6.07, 6.45) is 6.87. The Hall–Kier alpha value is -3.65. The van der Waals surface area contributed by atoms with Gasteiger partial charge in [0.25, 0.3) is 5.91 Å². The molecule has 9 heteroatoms. The number of nitrogens with one attached hydrogen (secondary N) is 2. The molecule has 5 rings (SSSR count). The number of rotatable bonds is 5. The average Bonchev–Trinajstić information content (AvgIpc) is 3.01. The summed E-state index contributed by atoms with van der Waals surface area (Å²) >= 11 is 5.61. The quantitative estimate of drug-likeness (QED) is 0.349. The van der Waals surface area contributed by atoms with Crippen LogP contribution in [0.25, 0.3) is 11.0 Å². The summed E-state index contributed by atoms with van der Waals surface area (Å²) in [6.45, 7) is 8.80. The van der Waals surface area contributed by atoms with Crippen molar-refractivity contribution in [3.8, 4) is 0 Å². The summed E-state index contributed by atoms with van der Waals surface area (Å²) < 4.78 is 5.56. The van der Waals surface area contributed by atoms with E-state index in [-0.39, 0.29) is 35.1 Å². The number of aryl methyl sites for hydroxylation is 1. The first-order chi connectivity index (χ1) is 20.9. The van der Waals surface area contributed by atoms with Crippen molar-refractivity contribution in [1.82, 2.24) is 15.5 Å². The van der Waals surface area contributed by atoms with Crippen LogP contribution in [-0.2, 0) is 9.59 Å². The van der Waals surface area contributed by atoms with Crippen LogP contribution in [0.1, 0.15) is 81.8 Å². The van der Waals surface area contributed by atoms with Crippen LogP contribution in [0.2, 0.25) is 5.02 Å². The molecule has 2 fully saturated rings. The summed E-state index contributed by atoms with van der Waals surface area (Å²) in [5.74, 6) is -0.500. The van der Waals surface area contributed by atoms with E-state index >= 15 is 0 Å². The summed E-state index contributed by atoms with van der Waals surface area (Å²) in [5, 5.41) is 6.99. The van der Waals surface area contributed by atoms with Gasteiger partial charge in [0.1, 0.15) is 5.58 Å². The maximum atomic E-state index is 13.5. The molecular weight excluding hydrogens is 578 g/mol. The molecule has 3 amide bonds. The van der Waals surface area contributed by atoms with E-state index in [1.54, 1.807) is 29.2 Å². The molecule has 0 spiro atoms. The van der Waals surface area contributed by atoms with E-state index in [1.807, 2.05) is 52.0 Å². The van der Waals surface area contributed by atoms with Crippen LogP contribution in [-0.4, -0.2) is 47.8 Å². The predicted molar refractivity (Wildman–Crippen MR) is 174 cm³/mol. The molecule has 1 aromatic heterocycles. The fraction of sp³-hybridized carbons (Fsp3) is 0.486. The number of benzene rings is 2. The highest BCUT2D eigenvalue weighted by Crippen LogP contribution is 2.46. The fourth-order valence-corrected chi connectivity index (χ4v) is 6.33. The zero-order valence-electron chi connectivity index (χ0n) is 26.2. The Morgan fingerprint density at radius 3 is 2.23 bits per heavy atom. The van der Waals surface area contributed by atoms with Gasteiger partial charge in [-0.15, -0.1) is 0 Å². The number of carbonyl (C=O) groups is 3. The molecule has 0 atom stereocenters. The van der Waals surface area contributed by atoms with Crippen molar-refractivity contribution in [3.05, 3.63) is 81.2 Å². The van der Waals surface area contributed by atoms with Gasteiger partial charge in [0.2, 0.25) is 11.8 Å². The monoisotopic (exact) mass is 621 g/mol. The molecule has 2 heterocycles. The Balaban J connectivity index is 0.000000479. The minimum atomic E-state index is -0.607. The smallest absolute Gasteiger partial charge is 0.287 e. The van der Waals surface area contributed by atoms with Crippen LogP contribution in [0, 0.1) is 18.3 Å². The number of carbonyl (C=O) groups excluding carboxylic acids is 3. The first kappa shape index (κ1) is 33.2. The van der Waals surface area contributed by atoms with Gasteiger partial charge in [-0.3, -0.25) is 19.2 Å². The number of halogens is 1. The van der Waals surface area contributed by atoms with Crippen molar-refractivity contribution in [2.75, 3.05) is 19.6 Å². The first-order valence-corrected chi connectivity index (χ1v) is 15.9. The van der Waals surface area contributed by atoms with Gasteiger partial charge < -0.3 is 20.0 Å². The van der Waals surface area contributed by atoms with E-state index < -0.39 is 11.3 Å². The Morgan fingerprint density at radius 2 is 1.61 bits per heavy atom. The van der Waals surface area contributed by atoms with Gasteiger partial charge in [0.05, 0.1) is 17.3 Å². The van der Waals surface area contributed by atoms with E-state index in [4.69, 9.17) is 16.0 Å². The van der Waals surface area contributed by atoms with Crippen LogP contribution < -0.4 is 16.1 Å². The van der Waals surface area contributed by atoms with Gasteiger partial charge >= 0.3 is 0 Å². The second-order valence-electron chi connectivity index (χ2n) is 13.0. The van der Waals surface area contributed by atoms with Crippen molar-refractivity contribution < 1.29 is 18.8 Å². The third kappa shape index (κ3) is 8.50. The van der Waals surface area contributed by atoms with Gasteiger partial charge in [-0.25, -0.2) is 0 Å². The minimum Gasteiger partial charge on any atom is -0.451 e. The zero-order chi connectivity index (χ0) is 31.9. The molecular formula is C35H44ClN3O5. The molecule has 2 aliphatic rings. The second kappa shape index (κ2) is 14.4. The standard InChI is InChI=1S/C28H37N3O5.C7H7Cl/c1-27(2,3)30-26(35)28(19-9-5-4-6-10-19)13-15-31(16-14-28)24(33)18-29-25(34)23-17-21(32)20-11-7-8-12-22(20)36-23;1-6-2-4-7(8)5-3-6/h7-8,11-12,17,19H,4-6,9-10,13-16,18H2,1-3H3,(H,29,34)(H,30,35);2-5H,1H3. The maximum absolute atomic E-state index is 13.5. The largest absolute Gasteiger partial charge is 0.451 e. The lowest BCUT2D eigenvalue weighted by Crippen LogP contribution is -2.57. The van der Waals surface area contributed by atoms with Crippen LogP contribution in [0.4, 0.5) is 0 Å². The molecule has 1 aliphatic carbocycles. The third-order valence-electron chi connectivity index (χ3n) is 8.61. The number of hydrogen-bond donors (Lipinski definition) is 2. The number of fused-ring (bicyclic) bond motifs is 1. The molecule has 1 saturated heterocycles. The summed E-state index contributed by atoms with van der Waals surface area (Å²) in [7, 11) is 0. The number of amides is 3. The highest BCUT2D eigenvalue weighted by atomic mass is 35.5. The molecule has 8 nitrogen and oxygen atoms in total. The molecule has 0 bridgehead atoms. The number of nitrogens with zero attached hydrogens (tertiary/aromatic N) is 1. The van der Waals surface area contributed by atoms with Gasteiger partial charge in [-0.05, 0) is 83.6 Å². The Labute approximate surface area is 264 Å². The Kier molecular flexibility index (Phi) is 10.9. The van der Waals surface area contributed by atoms with Gasteiger partial charge in [-0.1, -0.05) is 60.7 Å². The SMILES string of the molecule is CC(C)(C)NC(=O)C1(C2CCCCC2)CCN(C(=O)CNC(=O)c2cc(=O)c3ccccc3o2)CC1.Cc1ccc(Cl)cc1. The van der Waals surface area contributed by atoms with Crippen molar-refractivity contribution in [2.45, 2.75) is 78.2 Å². The molecule has 0 radical (unpaired) electrons. The molecule has 3 aromatic rings. The van der Waals surface area contributed by atoms with E-state index in [0.29, 0.717) is 42.8 Å². The molecule has 2 aromatic carbocycles. The number of piperidine rings is 1. The van der Waals surface area contributed by atoms with Crippen molar-refractivity contribution in [2.24, 2.45) is 11.3 Å². The second-order valence-corrected chi connectivity index (χ2v) is 13.5. The normalized spacial score (nSPS) is 16.9. The predicted octanol–water partition coefficient (Wildman–Crippen LogP) is 6.28. The number of likely N-dealkylation sites (tertiary alicyclic amines) is 1. The highest BCUT2D eigenvalue weighted by Gasteiger charge is 2.48.